The molecular formula is C10H16O3. The second-order valence-electron chi connectivity index (χ2n) is 3.55. The Labute approximate surface area is 78.8 Å². The second-order valence-corrected chi connectivity index (χ2v) is 3.55. The predicted molar refractivity (Wildman–Crippen MR) is 50.0 cm³/mol. The molecular weight excluding hydrogens is 168 g/mol. The fraction of sp³-hybridized carbons (Fsp3) is 0.600. The van der Waals surface area contributed by atoms with E-state index in [1.165, 1.54) is 0 Å². The minimum Gasteiger partial charge on any atom is -0.389 e. The van der Waals surface area contributed by atoms with Gasteiger partial charge >= 0.3 is 11.9 Å². The van der Waals surface area contributed by atoms with E-state index in [-0.39, 0.29) is 0 Å². The lowest BCUT2D eigenvalue weighted by Gasteiger charge is -2.20. The monoisotopic (exact) mass is 184 g/mol. The van der Waals surface area contributed by atoms with Crippen LogP contribution in [0, 0.1) is 5.41 Å². The number of carbonyl (C=O) groups is 2. The van der Waals surface area contributed by atoms with Crippen molar-refractivity contribution in [1.29, 1.82) is 0 Å². The van der Waals surface area contributed by atoms with Crippen LogP contribution in [-0.4, -0.2) is 11.9 Å². The third-order valence-corrected chi connectivity index (χ3v) is 1.79. The topological polar surface area (TPSA) is 43.4 Å². The zero-order valence-corrected chi connectivity index (χ0v) is 8.42. The summed E-state index contributed by atoms with van der Waals surface area (Å²) < 4.78 is 4.52. The van der Waals surface area contributed by atoms with Gasteiger partial charge in [0.2, 0.25) is 0 Å². The summed E-state index contributed by atoms with van der Waals surface area (Å²) in [6.07, 6.45) is 2.57. The maximum absolute atomic E-state index is 11.3. The zero-order chi connectivity index (χ0) is 10.5. The highest BCUT2D eigenvalue weighted by Crippen LogP contribution is 2.23. The first kappa shape index (κ1) is 11.9. The summed E-state index contributed by atoms with van der Waals surface area (Å²) in [6.45, 7) is 8.71. The Morgan fingerprint density at radius 3 is 2.38 bits per heavy atom. The number of ether oxygens (including phenoxy) is 1. The maximum Gasteiger partial charge on any atom is 0.337 e. The van der Waals surface area contributed by atoms with Crippen LogP contribution in [0.1, 0.15) is 33.6 Å². The molecule has 13 heavy (non-hydrogen) atoms. The Morgan fingerprint density at radius 1 is 1.46 bits per heavy atom. The molecule has 0 N–H and O–H groups in total. The van der Waals surface area contributed by atoms with Crippen LogP contribution in [-0.2, 0) is 14.3 Å². The lowest BCUT2D eigenvalue weighted by Crippen LogP contribution is -2.28. The van der Waals surface area contributed by atoms with Gasteiger partial charge in [0, 0.05) is 6.08 Å². The van der Waals surface area contributed by atoms with Crippen molar-refractivity contribution in [2.24, 2.45) is 5.41 Å². The van der Waals surface area contributed by atoms with Crippen molar-refractivity contribution >= 4 is 11.9 Å². The Hall–Kier alpha value is -1.12. The molecule has 0 spiro atoms. The summed E-state index contributed by atoms with van der Waals surface area (Å²) in [5.41, 5.74) is -0.590. The van der Waals surface area contributed by atoms with Crippen molar-refractivity contribution in [3.8, 4) is 0 Å². The van der Waals surface area contributed by atoms with Gasteiger partial charge in [-0.2, -0.15) is 0 Å². The molecule has 0 atom stereocenters. The molecule has 0 heterocycles. The Morgan fingerprint density at radius 2 is 2.00 bits per heavy atom. The first-order valence-electron chi connectivity index (χ1n) is 4.32. The van der Waals surface area contributed by atoms with E-state index >= 15 is 0 Å². The lowest BCUT2D eigenvalue weighted by molar-refractivity contribution is -0.163. The van der Waals surface area contributed by atoms with Gasteiger partial charge in [0.15, 0.2) is 0 Å². The van der Waals surface area contributed by atoms with E-state index in [1.54, 1.807) is 13.8 Å². The van der Waals surface area contributed by atoms with Gasteiger partial charge in [-0.1, -0.05) is 19.9 Å². The molecule has 0 rings (SSSR count). The molecule has 0 fully saturated rings. The molecule has 0 saturated heterocycles. The van der Waals surface area contributed by atoms with Gasteiger partial charge in [-0.15, -0.1) is 0 Å². The van der Waals surface area contributed by atoms with E-state index in [0.717, 1.165) is 12.5 Å². The Kier molecular flexibility index (Phi) is 4.38. The first-order chi connectivity index (χ1) is 5.94. The number of hydrogen-bond acceptors (Lipinski definition) is 3. The van der Waals surface area contributed by atoms with Crippen LogP contribution in [0.3, 0.4) is 0 Å². The molecule has 74 valence electrons. The molecule has 0 aromatic carbocycles. The highest BCUT2D eigenvalue weighted by molar-refractivity contribution is 5.93. The fourth-order valence-electron chi connectivity index (χ4n) is 0.998. The number of rotatable bonds is 4. The van der Waals surface area contributed by atoms with Crippen molar-refractivity contribution < 1.29 is 14.3 Å². The molecule has 0 aromatic heterocycles. The van der Waals surface area contributed by atoms with Crippen molar-refractivity contribution in [2.75, 3.05) is 0 Å². The molecule has 0 bridgehead atoms. The van der Waals surface area contributed by atoms with Crippen LogP contribution in [0.15, 0.2) is 12.7 Å². The summed E-state index contributed by atoms with van der Waals surface area (Å²) >= 11 is 0. The van der Waals surface area contributed by atoms with Crippen LogP contribution < -0.4 is 0 Å². The Balaban J connectivity index is 4.24. The molecule has 0 aliphatic rings. The standard InChI is InChI=1S/C10H16O3/c1-5-7-10(3,4)9(12)13-8(11)6-2/h6H,2,5,7H2,1,3-4H3. The highest BCUT2D eigenvalue weighted by atomic mass is 16.6. The minimum atomic E-state index is -0.686. The lowest BCUT2D eigenvalue weighted by atomic mass is 9.88. The van der Waals surface area contributed by atoms with Gasteiger partial charge in [-0.05, 0) is 20.3 Å². The normalized spacial score (nSPS) is 10.7. The molecule has 3 nitrogen and oxygen atoms in total. The predicted octanol–water partition coefficient (Wildman–Crippen LogP) is 2.07. The molecule has 0 aliphatic heterocycles. The maximum atomic E-state index is 11.3. The van der Waals surface area contributed by atoms with E-state index in [9.17, 15) is 9.59 Å². The van der Waals surface area contributed by atoms with Crippen molar-refractivity contribution in [1.82, 2.24) is 0 Å². The van der Waals surface area contributed by atoms with Gasteiger partial charge < -0.3 is 4.74 Å². The van der Waals surface area contributed by atoms with Crippen molar-refractivity contribution in [2.45, 2.75) is 33.6 Å². The Bertz CT molecular complexity index is 216. The third kappa shape index (κ3) is 3.87. The van der Waals surface area contributed by atoms with Gasteiger partial charge in [0.25, 0.3) is 0 Å². The fourth-order valence-corrected chi connectivity index (χ4v) is 0.998. The second kappa shape index (κ2) is 4.80. The molecule has 0 saturated carbocycles. The van der Waals surface area contributed by atoms with Crippen molar-refractivity contribution in [3.63, 3.8) is 0 Å². The number of carbonyl (C=O) groups excluding carboxylic acids is 2. The van der Waals surface area contributed by atoms with Crippen molar-refractivity contribution in [3.05, 3.63) is 12.7 Å². The quantitative estimate of drug-likeness (QED) is 0.381. The zero-order valence-electron chi connectivity index (χ0n) is 8.42. The van der Waals surface area contributed by atoms with E-state index in [4.69, 9.17) is 0 Å². The largest absolute Gasteiger partial charge is 0.389 e. The van der Waals surface area contributed by atoms with Crippen LogP contribution in [0.25, 0.3) is 0 Å². The summed E-state index contributed by atoms with van der Waals surface area (Å²) in [6, 6.07) is 0. The number of hydrogen-bond donors (Lipinski definition) is 0. The third-order valence-electron chi connectivity index (χ3n) is 1.79. The highest BCUT2D eigenvalue weighted by Gasteiger charge is 2.29. The molecule has 3 heteroatoms. The van der Waals surface area contributed by atoms with Gasteiger partial charge in [-0.3, -0.25) is 4.79 Å². The SMILES string of the molecule is C=CC(=O)OC(=O)C(C)(C)CCC. The number of esters is 2. The summed E-state index contributed by atoms with van der Waals surface area (Å²) in [4.78, 5) is 22.0. The first-order valence-corrected chi connectivity index (χ1v) is 4.32. The van der Waals surface area contributed by atoms with Gasteiger partial charge in [0.05, 0.1) is 5.41 Å². The smallest absolute Gasteiger partial charge is 0.337 e. The summed E-state index contributed by atoms with van der Waals surface area (Å²) in [5, 5.41) is 0. The summed E-state index contributed by atoms with van der Waals surface area (Å²) in [5.74, 6) is -1.17. The van der Waals surface area contributed by atoms with E-state index < -0.39 is 17.4 Å². The molecule has 0 aliphatic carbocycles. The molecule has 0 aromatic rings. The van der Waals surface area contributed by atoms with Crippen LogP contribution in [0.4, 0.5) is 0 Å². The summed E-state index contributed by atoms with van der Waals surface area (Å²) in [7, 11) is 0. The molecule has 0 radical (unpaired) electrons. The average molecular weight is 184 g/mol. The van der Waals surface area contributed by atoms with E-state index in [1.807, 2.05) is 6.92 Å². The van der Waals surface area contributed by atoms with Gasteiger partial charge in [-0.25, -0.2) is 4.79 Å². The van der Waals surface area contributed by atoms with Crippen LogP contribution >= 0.6 is 0 Å². The molecule has 0 amide bonds. The van der Waals surface area contributed by atoms with Crippen LogP contribution in [0.5, 0.6) is 0 Å². The van der Waals surface area contributed by atoms with E-state index in [0.29, 0.717) is 6.42 Å². The minimum absolute atomic E-state index is 0.487. The average Bonchev–Trinajstić information content (AvgIpc) is 2.04. The van der Waals surface area contributed by atoms with Gasteiger partial charge in [0.1, 0.15) is 0 Å². The molecule has 0 unspecified atom stereocenters. The van der Waals surface area contributed by atoms with Crippen LogP contribution in [0.2, 0.25) is 0 Å². The van der Waals surface area contributed by atoms with E-state index in [2.05, 4.69) is 11.3 Å².